The van der Waals surface area contributed by atoms with E-state index in [0.717, 1.165) is 6.42 Å². The second-order valence-corrected chi connectivity index (χ2v) is 6.24. The highest BCUT2D eigenvalue weighted by atomic mass is 35.5. The first-order chi connectivity index (χ1) is 10.3. The number of rotatable bonds is 4. The molecule has 0 aromatic heterocycles. The van der Waals surface area contributed by atoms with E-state index in [0.29, 0.717) is 18.8 Å². The van der Waals surface area contributed by atoms with Crippen molar-refractivity contribution in [3.8, 4) is 5.75 Å². The molecule has 1 amide bonds. The summed E-state index contributed by atoms with van der Waals surface area (Å²) in [6.45, 7) is 5.26. The summed E-state index contributed by atoms with van der Waals surface area (Å²) in [5.41, 5.74) is 5.94. The number of carbonyl (C=O) groups excluding carboxylic acids is 1. The number of nitro benzene ring substituents is 1. The van der Waals surface area contributed by atoms with Gasteiger partial charge in [0.15, 0.2) is 6.61 Å². The largest absolute Gasteiger partial charge is 0.484 e. The Morgan fingerprint density at radius 2 is 2.04 bits per heavy atom. The number of nitrogens with zero attached hydrogens (tertiary/aromatic N) is 2. The number of benzene rings is 1. The quantitative estimate of drug-likeness (QED) is 0.665. The van der Waals surface area contributed by atoms with Gasteiger partial charge in [-0.2, -0.15) is 0 Å². The van der Waals surface area contributed by atoms with Gasteiger partial charge in [0.2, 0.25) is 0 Å². The molecule has 0 bridgehead atoms. The monoisotopic (exact) mass is 343 g/mol. The van der Waals surface area contributed by atoms with Crippen molar-refractivity contribution >= 4 is 24.0 Å². The van der Waals surface area contributed by atoms with Crippen LogP contribution in [0, 0.1) is 15.5 Å². The lowest BCUT2D eigenvalue weighted by Crippen LogP contribution is -2.54. The molecule has 8 heteroatoms. The Balaban J connectivity index is 0.00000264. The number of non-ortho nitro benzene ring substituents is 1. The smallest absolute Gasteiger partial charge is 0.269 e. The number of ether oxygens (including phenoxy) is 1. The molecule has 0 spiro atoms. The lowest BCUT2D eigenvalue weighted by molar-refractivity contribution is -0.384. The molecule has 7 nitrogen and oxygen atoms in total. The molecule has 1 aliphatic rings. The Bertz CT molecular complexity index is 562. The van der Waals surface area contributed by atoms with Gasteiger partial charge >= 0.3 is 0 Å². The zero-order valence-electron chi connectivity index (χ0n) is 13.2. The predicted octanol–water partition coefficient (Wildman–Crippen LogP) is 1.98. The summed E-state index contributed by atoms with van der Waals surface area (Å²) in [7, 11) is 0. The Kier molecular flexibility index (Phi) is 6.35. The van der Waals surface area contributed by atoms with E-state index >= 15 is 0 Å². The van der Waals surface area contributed by atoms with E-state index in [1.54, 1.807) is 4.90 Å². The second-order valence-electron chi connectivity index (χ2n) is 6.24. The topological polar surface area (TPSA) is 98.7 Å². The molecule has 0 saturated carbocycles. The van der Waals surface area contributed by atoms with Crippen LogP contribution < -0.4 is 10.5 Å². The fraction of sp³-hybridized carbons (Fsp3) is 0.533. The maximum absolute atomic E-state index is 12.2. The molecule has 1 heterocycles. The molecular formula is C15H22ClN3O4. The van der Waals surface area contributed by atoms with Gasteiger partial charge in [-0.1, -0.05) is 13.8 Å². The summed E-state index contributed by atoms with van der Waals surface area (Å²) in [5, 5.41) is 10.6. The number of nitro groups is 1. The average Bonchev–Trinajstić information content (AvgIpc) is 2.48. The van der Waals surface area contributed by atoms with Crippen molar-refractivity contribution in [3.63, 3.8) is 0 Å². The van der Waals surface area contributed by atoms with Crippen LogP contribution in [-0.2, 0) is 4.79 Å². The van der Waals surface area contributed by atoms with Crippen LogP contribution in [0.25, 0.3) is 0 Å². The molecule has 1 unspecified atom stereocenters. The first-order valence-corrected chi connectivity index (χ1v) is 7.20. The van der Waals surface area contributed by atoms with Gasteiger partial charge in [-0.3, -0.25) is 14.9 Å². The van der Waals surface area contributed by atoms with Gasteiger partial charge in [0.1, 0.15) is 5.75 Å². The first-order valence-electron chi connectivity index (χ1n) is 7.20. The number of amides is 1. The van der Waals surface area contributed by atoms with E-state index in [9.17, 15) is 14.9 Å². The molecule has 1 saturated heterocycles. The molecule has 1 fully saturated rings. The summed E-state index contributed by atoms with van der Waals surface area (Å²) < 4.78 is 5.41. The van der Waals surface area contributed by atoms with Gasteiger partial charge in [-0.05, 0) is 24.0 Å². The molecule has 2 N–H and O–H groups in total. The van der Waals surface area contributed by atoms with Crippen LogP contribution in [0.15, 0.2) is 24.3 Å². The number of nitrogens with two attached hydrogens (primary N) is 1. The molecule has 2 rings (SSSR count). The van der Waals surface area contributed by atoms with E-state index < -0.39 is 4.92 Å². The van der Waals surface area contributed by atoms with Crippen LogP contribution >= 0.6 is 12.4 Å². The summed E-state index contributed by atoms with van der Waals surface area (Å²) in [4.78, 5) is 24.0. The van der Waals surface area contributed by atoms with Crippen LogP contribution in [-0.4, -0.2) is 41.5 Å². The van der Waals surface area contributed by atoms with Crippen LogP contribution in [0.1, 0.15) is 20.3 Å². The third kappa shape index (κ3) is 4.80. The van der Waals surface area contributed by atoms with Crippen molar-refractivity contribution < 1.29 is 14.5 Å². The van der Waals surface area contributed by atoms with Gasteiger partial charge in [0.25, 0.3) is 11.6 Å². The number of likely N-dealkylation sites (tertiary alicyclic amines) is 1. The van der Waals surface area contributed by atoms with E-state index in [1.807, 2.05) is 13.8 Å². The van der Waals surface area contributed by atoms with E-state index in [2.05, 4.69) is 0 Å². The molecule has 1 aromatic rings. The van der Waals surface area contributed by atoms with Crippen molar-refractivity contribution in [1.29, 1.82) is 0 Å². The van der Waals surface area contributed by atoms with Crippen molar-refractivity contribution in [1.82, 2.24) is 4.90 Å². The highest BCUT2D eigenvalue weighted by Gasteiger charge is 2.35. The second kappa shape index (κ2) is 7.61. The van der Waals surface area contributed by atoms with Crippen molar-refractivity contribution in [2.45, 2.75) is 26.3 Å². The Labute approximate surface area is 141 Å². The Morgan fingerprint density at radius 1 is 1.43 bits per heavy atom. The lowest BCUT2D eigenvalue weighted by Gasteiger charge is -2.42. The Morgan fingerprint density at radius 3 is 2.57 bits per heavy atom. The lowest BCUT2D eigenvalue weighted by atomic mass is 9.80. The summed E-state index contributed by atoms with van der Waals surface area (Å²) in [5.74, 6) is 0.338. The molecule has 1 aliphatic heterocycles. The highest BCUT2D eigenvalue weighted by Crippen LogP contribution is 2.27. The minimum Gasteiger partial charge on any atom is -0.484 e. The first kappa shape index (κ1) is 19.2. The van der Waals surface area contributed by atoms with Gasteiger partial charge < -0.3 is 15.4 Å². The summed E-state index contributed by atoms with van der Waals surface area (Å²) >= 11 is 0. The average molecular weight is 344 g/mol. The number of hydrogen-bond acceptors (Lipinski definition) is 5. The van der Waals surface area contributed by atoms with Crippen molar-refractivity contribution in [2.75, 3.05) is 19.7 Å². The summed E-state index contributed by atoms with van der Waals surface area (Å²) in [6.07, 6.45) is 0.774. The fourth-order valence-electron chi connectivity index (χ4n) is 2.49. The van der Waals surface area contributed by atoms with Crippen molar-refractivity contribution in [3.05, 3.63) is 34.4 Å². The minimum absolute atomic E-state index is 0. The maximum Gasteiger partial charge on any atom is 0.269 e. The van der Waals surface area contributed by atoms with Gasteiger partial charge in [-0.15, -0.1) is 12.4 Å². The number of carbonyl (C=O) groups is 1. The van der Waals surface area contributed by atoms with Crippen LogP contribution in [0.4, 0.5) is 5.69 Å². The van der Waals surface area contributed by atoms with Gasteiger partial charge in [-0.25, -0.2) is 0 Å². The predicted molar refractivity (Wildman–Crippen MR) is 88.8 cm³/mol. The molecule has 128 valence electrons. The fourth-order valence-corrected chi connectivity index (χ4v) is 2.49. The van der Waals surface area contributed by atoms with E-state index in [4.69, 9.17) is 10.5 Å². The molecule has 1 atom stereocenters. The minimum atomic E-state index is -0.478. The molecule has 0 aliphatic carbocycles. The standard InChI is InChI=1S/C15H21N3O4.ClH/c1-15(2)10-17(8-7-13(15)16)14(19)9-22-12-5-3-11(4-6-12)18(20)21;/h3-6,13H,7-10,16H2,1-2H3;1H. The molecule has 23 heavy (non-hydrogen) atoms. The third-order valence-corrected chi connectivity index (χ3v) is 4.07. The zero-order valence-corrected chi connectivity index (χ0v) is 14.0. The SMILES string of the molecule is CC1(C)CN(C(=O)COc2ccc([N+](=O)[O-])cc2)CCC1N.Cl. The third-order valence-electron chi connectivity index (χ3n) is 4.07. The molecule has 1 aromatic carbocycles. The van der Waals surface area contributed by atoms with Crippen LogP contribution in [0.5, 0.6) is 5.75 Å². The Hall–Kier alpha value is -1.86. The zero-order chi connectivity index (χ0) is 16.3. The summed E-state index contributed by atoms with van der Waals surface area (Å²) in [6, 6.07) is 5.77. The van der Waals surface area contributed by atoms with Crippen molar-refractivity contribution in [2.24, 2.45) is 11.1 Å². The highest BCUT2D eigenvalue weighted by molar-refractivity contribution is 5.85. The normalized spacial score (nSPS) is 19.6. The van der Waals surface area contributed by atoms with E-state index in [-0.39, 0.29) is 42.1 Å². The number of piperidine rings is 1. The number of hydrogen-bond donors (Lipinski definition) is 1. The number of halogens is 1. The molecule has 0 radical (unpaired) electrons. The van der Waals surface area contributed by atoms with Gasteiger partial charge in [0.05, 0.1) is 4.92 Å². The van der Waals surface area contributed by atoms with E-state index in [1.165, 1.54) is 24.3 Å². The van der Waals surface area contributed by atoms with Crippen LogP contribution in [0.2, 0.25) is 0 Å². The van der Waals surface area contributed by atoms with Crippen LogP contribution in [0.3, 0.4) is 0 Å². The molecular weight excluding hydrogens is 322 g/mol. The van der Waals surface area contributed by atoms with Gasteiger partial charge in [0, 0.05) is 31.3 Å². The maximum atomic E-state index is 12.2.